The number of piperidine rings is 1. The van der Waals surface area contributed by atoms with E-state index < -0.39 is 35.9 Å². The molecule has 2 amide bonds. The third kappa shape index (κ3) is 4.10. The van der Waals surface area contributed by atoms with E-state index in [2.05, 4.69) is 0 Å². The molecule has 9 heteroatoms. The quantitative estimate of drug-likeness (QED) is 0.734. The largest absolute Gasteiger partial charge is 0.481 e. The Bertz CT molecular complexity index is 411. The van der Waals surface area contributed by atoms with Crippen molar-refractivity contribution in [2.45, 2.75) is 31.5 Å². The Balaban J connectivity index is 2.59. The van der Waals surface area contributed by atoms with Crippen LogP contribution in [0.3, 0.4) is 0 Å². The lowest BCUT2D eigenvalue weighted by Crippen LogP contribution is -2.54. The van der Waals surface area contributed by atoms with Crippen LogP contribution in [0.1, 0.15) is 19.3 Å². The standard InChI is InChI=1S/C11H15F3N2O4/c1-16(5-4-8(17)18)10(20)6-2-3-7(11(12,13)14)15-9(6)19/h6-7H,2-5H2,1H3,(H,15,19)(H,17,18). The molecule has 1 fully saturated rings. The van der Waals surface area contributed by atoms with E-state index >= 15 is 0 Å². The number of nitrogens with zero attached hydrogens (tertiary/aromatic N) is 1. The molecule has 2 N–H and O–H groups in total. The number of hydrogen-bond acceptors (Lipinski definition) is 3. The zero-order chi connectivity index (χ0) is 15.5. The molecular weight excluding hydrogens is 281 g/mol. The number of carbonyl (C=O) groups excluding carboxylic acids is 2. The minimum atomic E-state index is -4.53. The Morgan fingerprint density at radius 1 is 1.40 bits per heavy atom. The van der Waals surface area contributed by atoms with Gasteiger partial charge in [0, 0.05) is 13.6 Å². The minimum absolute atomic E-state index is 0.0966. The monoisotopic (exact) mass is 296 g/mol. The van der Waals surface area contributed by atoms with Crippen molar-refractivity contribution in [1.82, 2.24) is 10.2 Å². The highest BCUT2D eigenvalue weighted by Gasteiger charge is 2.46. The normalized spacial score (nSPS) is 23.1. The van der Waals surface area contributed by atoms with Gasteiger partial charge < -0.3 is 15.3 Å². The van der Waals surface area contributed by atoms with E-state index in [4.69, 9.17) is 5.11 Å². The molecule has 0 aromatic carbocycles. The highest BCUT2D eigenvalue weighted by atomic mass is 19.4. The summed E-state index contributed by atoms with van der Waals surface area (Å²) in [5, 5.41) is 10.3. The number of carboxylic acids is 1. The fourth-order valence-electron chi connectivity index (χ4n) is 1.93. The summed E-state index contributed by atoms with van der Waals surface area (Å²) in [5.74, 6) is -3.92. The van der Waals surface area contributed by atoms with E-state index in [1.165, 1.54) is 7.05 Å². The van der Waals surface area contributed by atoms with E-state index in [9.17, 15) is 27.6 Å². The van der Waals surface area contributed by atoms with Gasteiger partial charge in [-0.15, -0.1) is 0 Å². The van der Waals surface area contributed by atoms with Gasteiger partial charge in [-0.05, 0) is 12.8 Å². The van der Waals surface area contributed by atoms with Gasteiger partial charge in [-0.2, -0.15) is 13.2 Å². The summed E-state index contributed by atoms with van der Waals surface area (Å²) < 4.78 is 37.3. The van der Waals surface area contributed by atoms with Crippen LogP contribution in [0, 0.1) is 5.92 Å². The van der Waals surface area contributed by atoms with Gasteiger partial charge in [0.05, 0.1) is 6.42 Å². The summed E-state index contributed by atoms with van der Waals surface area (Å²) in [4.78, 5) is 34.9. The summed E-state index contributed by atoms with van der Waals surface area (Å²) in [6.45, 7) is -0.0966. The first kappa shape index (κ1) is 16.3. The third-order valence-corrected chi connectivity index (χ3v) is 3.11. The van der Waals surface area contributed by atoms with Gasteiger partial charge in [0.1, 0.15) is 12.0 Å². The van der Waals surface area contributed by atoms with Gasteiger partial charge in [-0.3, -0.25) is 14.4 Å². The summed E-state index contributed by atoms with van der Waals surface area (Å²) in [7, 11) is 1.31. The molecule has 1 aliphatic rings. The maximum atomic E-state index is 12.4. The zero-order valence-electron chi connectivity index (χ0n) is 10.7. The predicted molar refractivity (Wildman–Crippen MR) is 60.6 cm³/mol. The number of alkyl halides is 3. The number of carbonyl (C=O) groups is 3. The zero-order valence-corrected chi connectivity index (χ0v) is 10.7. The molecule has 1 saturated heterocycles. The smallest absolute Gasteiger partial charge is 0.408 e. The van der Waals surface area contributed by atoms with Crippen LogP contribution in [0.25, 0.3) is 0 Å². The van der Waals surface area contributed by atoms with Crippen molar-refractivity contribution in [2.24, 2.45) is 5.92 Å². The average molecular weight is 296 g/mol. The summed E-state index contributed by atoms with van der Waals surface area (Å²) in [6.07, 6.45) is -5.38. The number of carboxylic acid groups (broad SMARTS) is 1. The van der Waals surface area contributed by atoms with Gasteiger partial charge in [0.25, 0.3) is 0 Å². The topological polar surface area (TPSA) is 86.7 Å². The van der Waals surface area contributed by atoms with Crippen molar-refractivity contribution < 1.29 is 32.7 Å². The number of halogens is 3. The summed E-state index contributed by atoms with van der Waals surface area (Å²) >= 11 is 0. The molecule has 0 spiro atoms. The molecule has 2 unspecified atom stereocenters. The Hall–Kier alpha value is -1.80. The number of amides is 2. The molecule has 114 valence electrons. The Labute approximate surface area is 112 Å². The second-order valence-corrected chi connectivity index (χ2v) is 4.64. The van der Waals surface area contributed by atoms with Crippen LogP contribution < -0.4 is 5.32 Å². The summed E-state index contributed by atoms with van der Waals surface area (Å²) in [5.41, 5.74) is 0. The van der Waals surface area contributed by atoms with E-state index in [1.54, 1.807) is 5.32 Å². The molecule has 20 heavy (non-hydrogen) atoms. The summed E-state index contributed by atoms with van der Waals surface area (Å²) in [6, 6.07) is -1.93. The van der Waals surface area contributed by atoms with Crippen molar-refractivity contribution in [1.29, 1.82) is 0 Å². The Morgan fingerprint density at radius 2 is 2.00 bits per heavy atom. The molecule has 6 nitrogen and oxygen atoms in total. The molecule has 1 aliphatic heterocycles. The molecule has 0 aliphatic carbocycles. The molecule has 0 aromatic rings. The Morgan fingerprint density at radius 3 is 2.45 bits per heavy atom. The van der Waals surface area contributed by atoms with Gasteiger partial charge in [-0.25, -0.2) is 0 Å². The van der Waals surface area contributed by atoms with Crippen molar-refractivity contribution in [3.05, 3.63) is 0 Å². The van der Waals surface area contributed by atoms with Crippen LogP contribution in [0.4, 0.5) is 13.2 Å². The number of hydrogen-bond donors (Lipinski definition) is 2. The van der Waals surface area contributed by atoms with Gasteiger partial charge >= 0.3 is 12.1 Å². The van der Waals surface area contributed by atoms with Gasteiger partial charge in [0.2, 0.25) is 11.8 Å². The minimum Gasteiger partial charge on any atom is -0.481 e. The Kier molecular flexibility index (Phi) is 4.96. The van der Waals surface area contributed by atoms with Crippen LogP contribution in [0.5, 0.6) is 0 Å². The first-order valence-corrected chi connectivity index (χ1v) is 5.96. The lowest BCUT2D eigenvalue weighted by molar-refractivity contribution is -0.172. The fraction of sp³-hybridized carbons (Fsp3) is 0.727. The lowest BCUT2D eigenvalue weighted by atomic mass is 9.92. The van der Waals surface area contributed by atoms with Crippen LogP contribution in [-0.4, -0.2) is 53.6 Å². The van der Waals surface area contributed by atoms with Crippen LogP contribution in [0.15, 0.2) is 0 Å². The maximum Gasteiger partial charge on any atom is 0.408 e. The van der Waals surface area contributed by atoms with E-state index in [-0.39, 0.29) is 25.8 Å². The van der Waals surface area contributed by atoms with Crippen LogP contribution in [0.2, 0.25) is 0 Å². The molecule has 0 bridgehead atoms. The second-order valence-electron chi connectivity index (χ2n) is 4.64. The van der Waals surface area contributed by atoms with E-state index in [1.807, 2.05) is 0 Å². The number of nitrogens with one attached hydrogen (secondary N) is 1. The number of aliphatic carboxylic acids is 1. The SMILES string of the molecule is CN(CCC(=O)O)C(=O)C1CCC(C(F)(F)F)NC1=O. The van der Waals surface area contributed by atoms with E-state index in [0.29, 0.717) is 0 Å². The molecule has 2 atom stereocenters. The molecule has 1 heterocycles. The van der Waals surface area contributed by atoms with Crippen molar-refractivity contribution in [3.63, 3.8) is 0 Å². The van der Waals surface area contributed by atoms with Crippen molar-refractivity contribution in [2.75, 3.05) is 13.6 Å². The molecule has 0 radical (unpaired) electrons. The number of rotatable bonds is 4. The second kappa shape index (κ2) is 6.10. The average Bonchev–Trinajstić information content (AvgIpc) is 2.33. The fourth-order valence-corrected chi connectivity index (χ4v) is 1.93. The highest BCUT2D eigenvalue weighted by molar-refractivity contribution is 6.00. The lowest BCUT2D eigenvalue weighted by Gasteiger charge is -2.31. The van der Waals surface area contributed by atoms with Gasteiger partial charge in [-0.1, -0.05) is 0 Å². The highest BCUT2D eigenvalue weighted by Crippen LogP contribution is 2.29. The van der Waals surface area contributed by atoms with Gasteiger partial charge in [0.15, 0.2) is 0 Å². The first-order chi connectivity index (χ1) is 9.12. The molecule has 1 rings (SSSR count). The molecular formula is C11H15F3N2O4. The molecule has 0 aromatic heterocycles. The van der Waals surface area contributed by atoms with Crippen LogP contribution in [-0.2, 0) is 14.4 Å². The van der Waals surface area contributed by atoms with E-state index in [0.717, 1.165) is 4.90 Å². The predicted octanol–water partition coefficient (Wildman–Crippen LogP) is 0.377. The van der Waals surface area contributed by atoms with Crippen molar-refractivity contribution in [3.8, 4) is 0 Å². The third-order valence-electron chi connectivity index (χ3n) is 3.11. The maximum absolute atomic E-state index is 12.4. The first-order valence-electron chi connectivity index (χ1n) is 5.96. The molecule has 0 saturated carbocycles. The van der Waals surface area contributed by atoms with Crippen molar-refractivity contribution >= 4 is 17.8 Å². The van der Waals surface area contributed by atoms with Crippen LogP contribution >= 0.6 is 0 Å².